The standard InChI is InChI=1S/C12H18N4O2S/c13-10-9(19-12(16-10)15-7-3-4-7)11(17)14-8-2-1-5-18-6-8/h7-8H,1-6,13H2,(H,14,17)(H,15,16). The monoisotopic (exact) mass is 282 g/mol. The minimum atomic E-state index is -0.144. The number of rotatable bonds is 4. The van der Waals surface area contributed by atoms with Gasteiger partial charge in [0.25, 0.3) is 5.91 Å². The summed E-state index contributed by atoms with van der Waals surface area (Å²) in [5, 5.41) is 6.96. The SMILES string of the molecule is Nc1nc(NC2CC2)sc1C(=O)NC1CCCOC1. The molecule has 3 rings (SSSR count). The van der Waals surface area contributed by atoms with Crippen molar-refractivity contribution in [2.45, 2.75) is 37.8 Å². The van der Waals surface area contributed by atoms with Crippen LogP contribution in [0.3, 0.4) is 0 Å². The Hall–Kier alpha value is -1.34. The Balaban J connectivity index is 1.62. The summed E-state index contributed by atoms with van der Waals surface area (Å²) in [6, 6.07) is 0.593. The number of nitrogens with one attached hydrogen (secondary N) is 2. The van der Waals surface area contributed by atoms with Crippen molar-refractivity contribution in [3.05, 3.63) is 4.88 Å². The number of nitrogens with zero attached hydrogens (tertiary/aromatic N) is 1. The molecule has 4 N–H and O–H groups in total. The Labute approximate surface area is 115 Å². The van der Waals surface area contributed by atoms with E-state index in [1.807, 2.05) is 0 Å². The number of amides is 1. The van der Waals surface area contributed by atoms with E-state index in [-0.39, 0.29) is 11.9 Å². The van der Waals surface area contributed by atoms with E-state index < -0.39 is 0 Å². The van der Waals surface area contributed by atoms with E-state index in [1.54, 1.807) is 0 Å². The van der Waals surface area contributed by atoms with E-state index in [9.17, 15) is 4.79 Å². The van der Waals surface area contributed by atoms with Gasteiger partial charge >= 0.3 is 0 Å². The number of nitrogen functional groups attached to an aromatic ring is 1. The third-order valence-corrected chi connectivity index (χ3v) is 4.26. The Morgan fingerprint density at radius 3 is 2.89 bits per heavy atom. The zero-order valence-electron chi connectivity index (χ0n) is 10.6. The van der Waals surface area contributed by atoms with Crippen molar-refractivity contribution in [3.8, 4) is 0 Å². The molecule has 2 aliphatic rings. The van der Waals surface area contributed by atoms with Crippen LogP contribution in [0.15, 0.2) is 0 Å². The Bertz CT molecular complexity index is 466. The van der Waals surface area contributed by atoms with Gasteiger partial charge < -0.3 is 21.1 Å². The van der Waals surface area contributed by atoms with Crippen LogP contribution in [-0.4, -0.2) is 36.2 Å². The van der Waals surface area contributed by atoms with Gasteiger partial charge in [0, 0.05) is 12.6 Å². The van der Waals surface area contributed by atoms with Crippen LogP contribution < -0.4 is 16.4 Å². The highest BCUT2D eigenvalue weighted by atomic mass is 32.1. The fourth-order valence-electron chi connectivity index (χ4n) is 2.06. The van der Waals surface area contributed by atoms with Gasteiger partial charge in [-0.3, -0.25) is 4.79 Å². The lowest BCUT2D eigenvalue weighted by Gasteiger charge is -2.22. The second kappa shape index (κ2) is 5.34. The van der Waals surface area contributed by atoms with Gasteiger partial charge in [0.15, 0.2) is 5.13 Å². The topological polar surface area (TPSA) is 89.3 Å². The van der Waals surface area contributed by atoms with Crippen LogP contribution >= 0.6 is 11.3 Å². The summed E-state index contributed by atoms with van der Waals surface area (Å²) in [6.45, 7) is 1.36. The van der Waals surface area contributed by atoms with Crippen molar-refractivity contribution in [3.63, 3.8) is 0 Å². The van der Waals surface area contributed by atoms with Crippen molar-refractivity contribution in [2.24, 2.45) is 0 Å². The predicted octanol–water partition coefficient (Wildman–Crippen LogP) is 1.21. The number of nitrogens with two attached hydrogens (primary N) is 1. The molecule has 1 saturated heterocycles. The molecule has 2 heterocycles. The van der Waals surface area contributed by atoms with E-state index in [0.29, 0.717) is 23.3 Å². The first-order valence-electron chi connectivity index (χ1n) is 6.64. The Morgan fingerprint density at radius 2 is 2.21 bits per heavy atom. The van der Waals surface area contributed by atoms with Crippen molar-refractivity contribution in [1.29, 1.82) is 0 Å². The smallest absolute Gasteiger partial charge is 0.265 e. The van der Waals surface area contributed by atoms with Crippen LogP contribution in [0.4, 0.5) is 10.9 Å². The molecule has 1 aliphatic heterocycles. The predicted molar refractivity (Wildman–Crippen MR) is 74.5 cm³/mol. The molecule has 1 aromatic rings. The number of hydrogen-bond donors (Lipinski definition) is 3. The quantitative estimate of drug-likeness (QED) is 0.772. The molecule has 7 heteroatoms. The third kappa shape index (κ3) is 3.16. The first-order valence-corrected chi connectivity index (χ1v) is 7.45. The Kier molecular flexibility index (Phi) is 3.56. The minimum absolute atomic E-state index is 0.0857. The third-order valence-electron chi connectivity index (χ3n) is 3.26. The minimum Gasteiger partial charge on any atom is -0.382 e. The zero-order chi connectivity index (χ0) is 13.2. The van der Waals surface area contributed by atoms with Crippen molar-refractivity contribution < 1.29 is 9.53 Å². The Morgan fingerprint density at radius 1 is 1.37 bits per heavy atom. The zero-order valence-corrected chi connectivity index (χ0v) is 11.5. The average molecular weight is 282 g/mol. The molecule has 0 bridgehead atoms. The second-order valence-electron chi connectivity index (χ2n) is 5.04. The lowest BCUT2D eigenvalue weighted by atomic mass is 10.1. The molecule has 6 nitrogen and oxygen atoms in total. The highest BCUT2D eigenvalue weighted by Gasteiger charge is 2.25. The molecule has 0 spiro atoms. The number of anilines is 2. The lowest BCUT2D eigenvalue weighted by molar-refractivity contribution is 0.0626. The molecule has 1 amide bonds. The first-order chi connectivity index (χ1) is 9.22. The van der Waals surface area contributed by atoms with Gasteiger partial charge in [-0.05, 0) is 25.7 Å². The summed E-state index contributed by atoms with van der Waals surface area (Å²) in [5.74, 6) is 0.164. The molecule has 0 radical (unpaired) electrons. The van der Waals surface area contributed by atoms with Crippen LogP contribution in [0.2, 0.25) is 0 Å². The van der Waals surface area contributed by atoms with Gasteiger partial charge in [-0.15, -0.1) is 0 Å². The van der Waals surface area contributed by atoms with Crippen LogP contribution in [0.25, 0.3) is 0 Å². The summed E-state index contributed by atoms with van der Waals surface area (Å²) >= 11 is 1.32. The highest BCUT2D eigenvalue weighted by molar-refractivity contribution is 7.18. The van der Waals surface area contributed by atoms with E-state index in [4.69, 9.17) is 10.5 Å². The van der Waals surface area contributed by atoms with Gasteiger partial charge in [0.05, 0.1) is 12.6 Å². The molecule has 1 atom stereocenters. The maximum absolute atomic E-state index is 12.1. The molecule has 104 valence electrons. The summed E-state index contributed by atoms with van der Waals surface area (Å²) in [5.41, 5.74) is 5.81. The van der Waals surface area contributed by atoms with E-state index in [2.05, 4.69) is 15.6 Å². The molecule has 1 aliphatic carbocycles. The number of hydrogen-bond acceptors (Lipinski definition) is 6. The van der Waals surface area contributed by atoms with Gasteiger partial charge in [-0.2, -0.15) is 0 Å². The van der Waals surface area contributed by atoms with Crippen LogP contribution in [0, 0.1) is 0 Å². The van der Waals surface area contributed by atoms with Gasteiger partial charge in [0.2, 0.25) is 0 Å². The summed E-state index contributed by atoms with van der Waals surface area (Å²) in [4.78, 5) is 16.8. The average Bonchev–Trinajstić information content (AvgIpc) is 3.13. The van der Waals surface area contributed by atoms with E-state index >= 15 is 0 Å². The van der Waals surface area contributed by atoms with E-state index in [1.165, 1.54) is 24.2 Å². The second-order valence-corrected chi connectivity index (χ2v) is 6.04. The molecule has 19 heavy (non-hydrogen) atoms. The number of carbonyl (C=O) groups is 1. The van der Waals surface area contributed by atoms with Crippen molar-refractivity contribution >= 4 is 28.2 Å². The molecule has 0 aromatic carbocycles. The summed E-state index contributed by atoms with van der Waals surface area (Å²) in [6.07, 6.45) is 4.27. The normalized spacial score (nSPS) is 23.1. The summed E-state index contributed by atoms with van der Waals surface area (Å²) in [7, 11) is 0. The van der Waals surface area contributed by atoms with Gasteiger partial charge in [-0.25, -0.2) is 4.98 Å². The molecular formula is C12H18N4O2S. The number of aromatic nitrogens is 1. The van der Waals surface area contributed by atoms with Crippen LogP contribution in [0.5, 0.6) is 0 Å². The molecular weight excluding hydrogens is 264 g/mol. The number of thiazole rings is 1. The molecule has 1 saturated carbocycles. The van der Waals surface area contributed by atoms with Gasteiger partial charge in [0.1, 0.15) is 10.7 Å². The summed E-state index contributed by atoms with van der Waals surface area (Å²) < 4.78 is 5.34. The first kappa shape index (κ1) is 12.7. The van der Waals surface area contributed by atoms with Gasteiger partial charge in [-0.1, -0.05) is 11.3 Å². The molecule has 1 unspecified atom stereocenters. The van der Waals surface area contributed by atoms with Crippen molar-refractivity contribution in [2.75, 3.05) is 24.3 Å². The molecule has 1 aromatic heterocycles. The van der Waals surface area contributed by atoms with Crippen molar-refractivity contribution in [1.82, 2.24) is 10.3 Å². The molecule has 2 fully saturated rings. The lowest BCUT2D eigenvalue weighted by Crippen LogP contribution is -2.40. The number of ether oxygens (including phenoxy) is 1. The highest BCUT2D eigenvalue weighted by Crippen LogP contribution is 2.30. The fourth-order valence-corrected chi connectivity index (χ4v) is 2.93. The van der Waals surface area contributed by atoms with Crippen LogP contribution in [-0.2, 0) is 4.74 Å². The number of carbonyl (C=O) groups excluding carboxylic acids is 1. The maximum atomic E-state index is 12.1. The van der Waals surface area contributed by atoms with E-state index in [0.717, 1.165) is 24.6 Å². The fraction of sp³-hybridized carbons (Fsp3) is 0.667. The maximum Gasteiger partial charge on any atom is 0.265 e. The largest absolute Gasteiger partial charge is 0.382 e. The van der Waals surface area contributed by atoms with Crippen LogP contribution in [0.1, 0.15) is 35.4 Å².